The van der Waals surface area contributed by atoms with Crippen molar-refractivity contribution in [2.24, 2.45) is 11.1 Å². The van der Waals surface area contributed by atoms with Crippen LogP contribution in [0.1, 0.15) is 11.1 Å². The molecule has 2 aliphatic rings. The Bertz CT molecular complexity index is 993. The van der Waals surface area contributed by atoms with Crippen LogP contribution in [0.2, 0.25) is 0 Å². The molecule has 2 aromatic rings. The second kappa shape index (κ2) is 12.1. The minimum Gasteiger partial charge on any atom is -0.411 e. The molecular formula is C24H26F4N2O4. The van der Waals surface area contributed by atoms with Gasteiger partial charge in [0.1, 0.15) is 42.3 Å². The van der Waals surface area contributed by atoms with Crippen molar-refractivity contribution >= 4 is 5.71 Å². The van der Waals surface area contributed by atoms with E-state index in [0.29, 0.717) is 12.2 Å². The van der Waals surface area contributed by atoms with Crippen LogP contribution in [0.3, 0.4) is 0 Å². The number of nitrogens with zero attached hydrogens (tertiary/aromatic N) is 1. The second-order valence-corrected chi connectivity index (χ2v) is 7.74. The van der Waals surface area contributed by atoms with Crippen molar-refractivity contribution in [3.8, 4) is 0 Å². The molecule has 0 unspecified atom stereocenters. The van der Waals surface area contributed by atoms with Crippen molar-refractivity contribution in [3.05, 3.63) is 83.9 Å². The number of hydrogen-bond donors (Lipinski definition) is 2. The van der Waals surface area contributed by atoms with Gasteiger partial charge in [-0.15, -0.1) is 6.58 Å². The number of hydroxylamine groups is 1. The van der Waals surface area contributed by atoms with E-state index in [1.54, 1.807) is 24.3 Å². The molecule has 4 atom stereocenters. The molecule has 2 N–H and O–H groups in total. The first-order valence-electron chi connectivity index (χ1n) is 10.6. The summed E-state index contributed by atoms with van der Waals surface area (Å²) in [6.07, 6.45) is -0.0285. The summed E-state index contributed by atoms with van der Waals surface area (Å²) in [5.41, 5.74) is 2.68. The van der Waals surface area contributed by atoms with Gasteiger partial charge in [-0.1, -0.05) is 41.6 Å². The number of nitrogens with one attached hydrogen (secondary N) is 1. The third kappa shape index (κ3) is 5.47. The number of ether oxygens (including phenoxy) is 2. The largest absolute Gasteiger partial charge is 0.411 e. The van der Waals surface area contributed by atoms with E-state index in [1.807, 2.05) is 0 Å². The molecule has 184 valence electrons. The Morgan fingerprint density at radius 2 is 1.91 bits per heavy atom. The molecule has 2 aliphatic heterocycles. The van der Waals surface area contributed by atoms with Gasteiger partial charge in [0, 0.05) is 17.0 Å². The molecule has 4 rings (SSSR count). The van der Waals surface area contributed by atoms with E-state index in [2.05, 4.69) is 17.2 Å². The predicted octanol–water partition coefficient (Wildman–Crippen LogP) is 4.09. The highest BCUT2D eigenvalue weighted by molar-refractivity contribution is 6.01. The number of halogens is 4. The minimum atomic E-state index is -0.793. The summed E-state index contributed by atoms with van der Waals surface area (Å²) < 4.78 is 62.8. The average Bonchev–Trinajstić information content (AvgIpc) is 3.43. The third-order valence-corrected chi connectivity index (χ3v) is 5.79. The predicted molar refractivity (Wildman–Crippen MR) is 117 cm³/mol. The molecule has 2 fully saturated rings. The molecule has 2 aromatic carbocycles. The lowest BCUT2D eigenvalue weighted by atomic mass is 9.79. The van der Waals surface area contributed by atoms with Gasteiger partial charge in [-0.25, -0.2) is 17.6 Å². The Labute approximate surface area is 194 Å². The maximum absolute atomic E-state index is 13.9. The molecule has 0 spiro atoms. The van der Waals surface area contributed by atoms with Crippen molar-refractivity contribution in [1.29, 1.82) is 0 Å². The van der Waals surface area contributed by atoms with Crippen LogP contribution >= 0.6 is 0 Å². The van der Waals surface area contributed by atoms with Gasteiger partial charge in [0.25, 0.3) is 0 Å². The van der Waals surface area contributed by atoms with Crippen LogP contribution in [-0.2, 0) is 19.9 Å². The summed E-state index contributed by atoms with van der Waals surface area (Å²) in [7, 11) is 0. The zero-order chi connectivity index (χ0) is 24.6. The smallest absolute Gasteiger partial charge is 0.132 e. The van der Waals surface area contributed by atoms with E-state index >= 15 is 0 Å². The van der Waals surface area contributed by atoms with E-state index in [0.717, 1.165) is 0 Å². The Balaban J connectivity index is 0.000000191. The van der Waals surface area contributed by atoms with Gasteiger partial charge in [0.05, 0.1) is 25.9 Å². The zero-order valence-electron chi connectivity index (χ0n) is 18.3. The van der Waals surface area contributed by atoms with E-state index in [4.69, 9.17) is 19.5 Å². The Kier molecular flexibility index (Phi) is 9.17. The maximum Gasteiger partial charge on any atom is 0.132 e. The van der Waals surface area contributed by atoms with Crippen molar-refractivity contribution in [3.63, 3.8) is 0 Å². The highest BCUT2D eigenvalue weighted by Crippen LogP contribution is 2.43. The van der Waals surface area contributed by atoms with Gasteiger partial charge in [-0.3, -0.25) is 0 Å². The molecule has 0 aliphatic carbocycles. The Morgan fingerprint density at radius 1 is 1.21 bits per heavy atom. The van der Waals surface area contributed by atoms with Crippen molar-refractivity contribution in [2.45, 2.75) is 17.7 Å². The van der Waals surface area contributed by atoms with Crippen LogP contribution in [-0.4, -0.2) is 56.3 Å². The fraction of sp³-hybridized carbons (Fsp3) is 0.375. The van der Waals surface area contributed by atoms with E-state index in [1.165, 1.54) is 30.3 Å². The summed E-state index contributed by atoms with van der Waals surface area (Å²) in [4.78, 5) is 5.19. The first kappa shape index (κ1) is 25.8. The maximum atomic E-state index is 13.9. The fourth-order valence-corrected chi connectivity index (χ4v) is 3.92. The van der Waals surface area contributed by atoms with E-state index in [9.17, 15) is 17.6 Å². The van der Waals surface area contributed by atoms with Gasteiger partial charge in [-0.2, -0.15) is 5.48 Å². The van der Waals surface area contributed by atoms with Gasteiger partial charge in [0.2, 0.25) is 0 Å². The van der Waals surface area contributed by atoms with Crippen molar-refractivity contribution < 1.29 is 37.1 Å². The third-order valence-electron chi connectivity index (χ3n) is 5.79. The van der Waals surface area contributed by atoms with Crippen molar-refractivity contribution in [2.75, 3.05) is 33.2 Å². The first-order valence-corrected chi connectivity index (χ1v) is 10.6. The highest BCUT2D eigenvalue weighted by atomic mass is 19.1. The average molecular weight is 482 g/mol. The van der Waals surface area contributed by atoms with Crippen molar-refractivity contribution in [1.82, 2.24) is 5.48 Å². The quantitative estimate of drug-likeness (QED) is 0.195. The summed E-state index contributed by atoms with van der Waals surface area (Å²) in [6.45, 7) is 2.44. The highest BCUT2D eigenvalue weighted by Gasteiger charge is 2.56. The summed E-state index contributed by atoms with van der Waals surface area (Å²) in [6, 6.07) is 12.3. The monoisotopic (exact) mass is 482 g/mol. The lowest BCUT2D eigenvalue weighted by Gasteiger charge is -2.27. The topological polar surface area (TPSA) is 72.3 Å². The summed E-state index contributed by atoms with van der Waals surface area (Å²) >= 11 is 0. The molecular weight excluding hydrogens is 456 g/mol. The van der Waals surface area contributed by atoms with Crippen LogP contribution in [0.25, 0.3) is 0 Å². The van der Waals surface area contributed by atoms with Gasteiger partial charge in [0.15, 0.2) is 0 Å². The summed E-state index contributed by atoms with van der Waals surface area (Å²) in [5, 5.41) is 11.7. The van der Waals surface area contributed by atoms with E-state index in [-0.39, 0.29) is 36.2 Å². The number of benzene rings is 2. The lowest BCUT2D eigenvalue weighted by molar-refractivity contribution is -0.00337. The van der Waals surface area contributed by atoms with Crippen LogP contribution in [0, 0.1) is 17.6 Å². The van der Waals surface area contributed by atoms with Crippen LogP contribution in [0.5, 0.6) is 0 Å². The SMILES string of the molecule is C=C[C@@H](CF)OCC(=NO)c1ccccc1F.FC[C@H]1OC[C@]2(c3ccccc3F)NOC[C@H]12. The van der Waals surface area contributed by atoms with E-state index < -0.39 is 36.9 Å². The molecule has 0 radical (unpaired) electrons. The number of oxime groups is 1. The van der Waals surface area contributed by atoms with Gasteiger partial charge >= 0.3 is 0 Å². The molecule has 0 saturated carbocycles. The Morgan fingerprint density at radius 3 is 2.53 bits per heavy atom. The molecule has 6 nitrogen and oxygen atoms in total. The van der Waals surface area contributed by atoms with Crippen LogP contribution < -0.4 is 5.48 Å². The van der Waals surface area contributed by atoms with Gasteiger partial charge < -0.3 is 19.5 Å². The zero-order valence-corrected chi connectivity index (χ0v) is 18.3. The first-order chi connectivity index (χ1) is 16.5. The number of alkyl halides is 2. The van der Waals surface area contributed by atoms with Gasteiger partial charge in [-0.05, 0) is 18.2 Å². The molecule has 10 heteroatoms. The fourth-order valence-electron chi connectivity index (χ4n) is 3.92. The van der Waals surface area contributed by atoms with Crippen LogP contribution in [0.4, 0.5) is 17.6 Å². The molecule has 2 heterocycles. The standard InChI is InChI=1S/2C12H13F2NO2/c13-5-11-9-6-17-15-12(9,7-16-11)8-3-1-2-4-10(8)14;1-2-9(7-13)17-8-12(15-16)10-5-3-4-6-11(10)14/h1-4,9,11,15H,5-7H2;2-6,9,16H,1,7-8H2/t9-,11-,12-;9-/m10/s1. The summed E-state index contributed by atoms with van der Waals surface area (Å²) in [5.74, 6) is -1.04. The minimum absolute atomic E-state index is 0.00315. The number of hydrogen-bond acceptors (Lipinski definition) is 6. The lowest BCUT2D eigenvalue weighted by Crippen LogP contribution is -2.43. The molecule has 0 aromatic heterocycles. The molecule has 0 amide bonds. The second-order valence-electron chi connectivity index (χ2n) is 7.74. The molecule has 34 heavy (non-hydrogen) atoms. The Hall–Kier alpha value is -2.79. The number of rotatable bonds is 8. The molecule has 0 bridgehead atoms. The number of fused-ring (bicyclic) bond motifs is 1. The molecule has 2 saturated heterocycles. The van der Waals surface area contributed by atoms with Crippen LogP contribution in [0.15, 0.2) is 66.3 Å². The normalized spacial score (nSPS) is 24.8.